The SMILES string of the molecule is CC(=O)c1ccc2cc3cc(-c4cnc(CNC(=O)C5CCC(F)(F)CC5)[nH]4)ccc3cc2c1.CC(C)C. The van der Waals surface area contributed by atoms with Crippen molar-refractivity contribution < 1.29 is 18.4 Å². The number of amides is 1. The monoisotopic (exact) mass is 519 g/mol. The molecular weight excluding hydrogens is 484 g/mol. The number of aromatic nitrogens is 2. The Morgan fingerprint density at radius 2 is 1.58 bits per heavy atom. The first kappa shape index (κ1) is 27.4. The van der Waals surface area contributed by atoms with Gasteiger partial charge in [-0.1, -0.05) is 45.0 Å². The Labute approximate surface area is 222 Å². The number of fused-ring (bicyclic) bond motifs is 2. The van der Waals surface area contributed by atoms with Gasteiger partial charge < -0.3 is 10.3 Å². The number of imidazole rings is 1. The van der Waals surface area contributed by atoms with E-state index in [-0.39, 0.29) is 49.8 Å². The number of alkyl halides is 2. The van der Waals surface area contributed by atoms with Crippen LogP contribution in [0.5, 0.6) is 0 Å². The molecule has 2 N–H and O–H groups in total. The van der Waals surface area contributed by atoms with Gasteiger partial charge >= 0.3 is 0 Å². The van der Waals surface area contributed by atoms with Crippen molar-refractivity contribution in [2.45, 2.75) is 65.8 Å². The van der Waals surface area contributed by atoms with E-state index in [1.165, 1.54) is 0 Å². The van der Waals surface area contributed by atoms with Gasteiger partial charge in [0.1, 0.15) is 5.82 Å². The van der Waals surface area contributed by atoms with E-state index in [9.17, 15) is 18.4 Å². The third-order valence-electron chi connectivity index (χ3n) is 6.66. The Balaban J connectivity index is 0.000000786. The largest absolute Gasteiger partial charge is 0.349 e. The molecule has 1 saturated carbocycles. The molecule has 5 nitrogen and oxygen atoms in total. The van der Waals surface area contributed by atoms with Crippen molar-refractivity contribution in [1.82, 2.24) is 15.3 Å². The molecule has 1 aliphatic rings. The van der Waals surface area contributed by atoms with Crippen LogP contribution in [0.2, 0.25) is 0 Å². The van der Waals surface area contributed by atoms with Crippen LogP contribution in [0.4, 0.5) is 8.78 Å². The number of aromatic amines is 1. The molecule has 3 aromatic carbocycles. The summed E-state index contributed by atoms with van der Waals surface area (Å²) in [5.41, 5.74) is 2.49. The van der Waals surface area contributed by atoms with Crippen molar-refractivity contribution in [2.24, 2.45) is 11.8 Å². The molecule has 0 atom stereocenters. The molecule has 1 amide bonds. The standard InChI is InChI=1S/C27H25F2N3O2.C4H10/c1-16(33)18-2-3-19-12-23-13-21(5-4-20(23)11-22(19)10-18)24-14-30-25(32-24)15-31-26(34)17-6-8-27(28,29)9-7-17;1-4(2)3/h2-5,10-14,17H,6-9,15H2,1H3,(H,30,32)(H,31,34);4H,1-3H3. The number of nitrogens with zero attached hydrogens (tertiary/aromatic N) is 1. The summed E-state index contributed by atoms with van der Waals surface area (Å²) in [4.78, 5) is 31.6. The highest BCUT2D eigenvalue weighted by molar-refractivity contribution is 6.03. The minimum Gasteiger partial charge on any atom is -0.349 e. The van der Waals surface area contributed by atoms with Crippen molar-refractivity contribution in [3.05, 3.63) is 66.1 Å². The van der Waals surface area contributed by atoms with Crippen molar-refractivity contribution >= 4 is 33.2 Å². The molecule has 7 heteroatoms. The van der Waals surface area contributed by atoms with E-state index in [2.05, 4.69) is 54.3 Å². The number of H-pyrrole nitrogens is 1. The molecule has 38 heavy (non-hydrogen) atoms. The predicted molar refractivity (Wildman–Crippen MR) is 148 cm³/mol. The van der Waals surface area contributed by atoms with Crippen LogP contribution in [0, 0.1) is 11.8 Å². The fourth-order valence-electron chi connectivity index (χ4n) is 4.60. The van der Waals surface area contributed by atoms with Gasteiger partial charge in [0.05, 0.1) is 18.4 Å². The lowest BCUT2D eigenvalue weighted by atomic mass is 9.86. The Hall–Kier alpha value is -3.61. The molecule has 1 aromatic heterocycles. The summed E-state index contributed by atoms with van der Waals surface area (Å²) in [5.74, 6) is -1.71. The van der Waals surface area contributed by atoms with Crippen molar-refractivity contribution in [2.75, 3.05) is 0 Å². The second kappa shape index (κ2) is 11.4. The molecule has 200 valence electrons. The molecule has 1 aliphatic carbocycles. The van der Waals surface area contributed by atoms with Crippen molar-refractivity contribution in [1.29, 1.82) is 0 Å². The molecule has 1 fully saturated rings. The third-order valence-corrected chi connectivity index (χ3v) is 6.66. The summed E-state index contributed by atoms with van der Waals surface area (Å²) in [7, 11) is 0. The zero-order valence-electron chi connectivity index (χ0n) is 22.4. The number of carbonyl (C=O) groups excluding carboxylic acids is 2. The molecule has 4 aromatic rings. The highest BCUT2D eigenvalue weighted by Crippen LogP contribution is 2.36. The van der Waals surface area contributed by atoms with Gasteiger partial charge in [0.15, 0.2) is 5.78 Å². The third kappa shape index (κ3) is 6.82. The first-order valence-corrected chi connectivity index (χ1v) is 13.2. The average molecular weight is 520 g/mol. The van der Waals surface area contributed by atoms with Gasteiger partial charge in [0, 0.05) is 29.9 Å². The minimum atomic E-state index is -2.64. The minimum absolute atomic E-state index is 0.0453. The number of ketones is 1. The number of halogens is 2. The van der Waals surface area contributed by atoms with E-state index in [1.54, 1.807) is 13.1 Å². The molecule has 1 heterocycles. The lowest BCUT2D eigenvalue weighted by Gasteiger charge is -2.27. The second-order valence-electron chi connectivity index (χ2n) is 10.9. The van der Waals surface area contributed by atoms with Gasteiger partial charge in [-0.3, -0.25) is 9.59 Å². The van der Waals surface area contributed by atoms with Crippen LogP contribution in [-0.4, -0.2) is 27.6 Å². The van der Waals surface area contributed by atoms with E-state index in [0.29, 0.717) is 11.4 Å². The van der Waals surface area contributed by atoms with E-state index in [1.807, 2.05) is 30.3 Å². The Morgan fingerprint density at radius 1 is 0.974 bits per heavy atom. The molecule has 0 saturated heterocycles. The fraction of sp³-hybridized carbons (Fsp3) is 0.387. The topological polar surface area (TPSA) is 74.8 Å². The van der Waals surface area contributed by atoms with E-state index in [4.69, 9.17) is 0 Å². The highest BCUT2D eigenvalue weighted by Gasteiger charge is 2.37. The first-order chi connectivity index (χ1) is 18.0. The van der Waals surface area contributed by atoms with Gasteiger partial charge in [0.25, 0.3) is 0 Å². The van der Waals surface area contributed by atoms with Crippen LogP contribution < -0.4 is 5.32 Å². The van der Waals surface area contributed by atoms with E-state index in [0.717, 1.165) is 38.7 Å². The average Bonchev–Trinajstić information content (AvgIpc) is 3.34. The maximum atomic E-state index is 13.3. The Bertz CT molecular complexity index is 1450. The van der Waals surface area contributed by atoms with Crippen LogP contribution in [-0.2, 0) is 11.3 Å². The number of hydrogen-bond donors (Lipinski definition) is 2. The summed E-state index contributed by atoms with van der Waals surface area (Å²) in [6.07, 6.45) is 1.69. The maximum absolute atomic E-state index is 13.3. The Kier molecular flexibility index (Phi) is 8.24. The number of carbonyl (C=O) groups is 2. The highest BCUT2D eigenvalue weighted by atomic mass is 19.3. The molecule has 0 radical (unpaired) electrons. The van der Waals surface area contributed by atoms with Crippen LogP contribution >= 0.6 is 0 Å². The number of hydrogen-bond acceptors (Lipinski definition) is 3. The number of benzene rings is 3. The van der Waals surface area contributed by atoms with E-state index < -0.39 is 5.92 Å². The molecule has 0 unspecified atom stereocenters. The van der Waals surface area contributed by atoms with E-state index >= 15 is 0 Å². The lowest BCUT2D eigenvalue weighted by Crippen LogP contribution is -2.35. The number of Topliss-reactive ketones (excluding diaryl/α,β-unsaturated/α-hetero) is 1. The van der Waals surface area contributed by atoms with Crippen molar-refractivity contribution in [3.8, 4) is 11.3 Å². The smallest absolute Gasteiger partial charge is 0.248 e. The Morgan fingerprint density at radius 3 is 2.21 bits per heavy atom. The molecule has 0 bridgehead atoms. The molecular formula is C31H35F2N3O2. The van der Waals surface area contributed by atoms with Gasteiger partial charge in [-0.05, 0) is 71.5 Å². The maximum Gasteiger partial charge on any atom is 0.248 e. The van der Waals surface area contributed by atoms with Crippen LogP contribution in [0.25, 0.3) is 32.8 Å². The first-order valence-electron chi connectivity index (χ1n) is 13.2. The van der Waals surface area contributed by atoms with Gasteiger partial charge in [-0.15, -0.1) is 0 Å². The second-order valence-corrected chi connectivity index (χ2v) is 10.9. The number of nitrogens with one attached hydrogen (secondary N) is 2. The normalized spacial score (nSPS) is 15.3. The fourth-order valence-corrected chi connectivity index (χ4v) is 4.60. The molecule has 0 spiro atoms. The zero-order chi connectivity index (χ0) is 27.4. The zero-order valence-corrected chi connectivity index (χ0v) is 22.4. The summed E-state index contributed by atoms with van der Waals surface area (Å²) < 4.78 is 26.6. The van der Waals surface area contributed by atoms with Gasteiger partial charge in [-0.2, -0.15) is 0 Å². The van der Waals surface area contributed by atoms with Crippen LogP contribution in [0.15, 0.2) is 54.7 Å². The van der Waals surface area contributed by atoms with Crippen molar-refractivity contribution in [3.63, 3.8) is 0 Å². The van der Waals surface area contributed by atoms with Crippen LogP contribution in [0.3, 0.4) is 0 Å². The number of rotatable bonds is 5. The van der Waals surface area contributed by atoms with Gasteiger partial charge in [-0.25, -0.2) is 13.8 Å². The summed E-state index contributed by atoms with van der Waals surface area (Å²) in [6, 6.07) is 16.0. The summed E-state index contributed by atoms with van der Waals surface area (Å²) in [5, 5.41) is 7.04. The summed E-state index contributed by atoms with van der Waals surface area (Å²) >= 11 is 0. The quantitative estimate of drug-likeness (QED) is 0.210. The van der Waals surface area contributed by atoms with Gasteiger partial charge in [0.2, 0.25) is 11.8 Å². The molecule has 5 rings (SSSR count). The molecule has 0 aliphatic heterocycles. The lowest BCUT2D eigenvalue weighted by molar-refractivity contribution is -0.129. The predicted octanol–water partition coefficient (Wildman–Crippen LogP) is 7.69. The van der Waals surface area contributed by atoms with Crippen LogP contribution in [0.1, 0.15) is 69.6 Å². The summed E-state index contributed by atoms with van der Waals surface area (Å²) in [6.45, 7) is 8.29.